The van der Waals surface area contributed by atoms with Crippen LogP contribution in [0.2, 0.25) is 0 Å². The van der Waals surface area contributed by atoms with Crippen molar-refractivity contribution < 1.29 is 37.3 Å². The van der Waals surface area contributed by atoms with Gasteiger partial charge in [-0.1, -0.05) is 237 Å². The van der Waals surface area contributed by atoms with Gasteiger partial charge < -0.3 is 27.9 Å². The zero-order chi connectivity index (χ0) is 49.0. The maximum Gasteiger partial charge on any atom is 0.306 e. The van der Waals surface area contributed by atoms with Gasteiger partial charge in [-0.05, 0) is 64.2 Å². The van der Waals surface area contributed by atoms with Gasteiger partial charge in [0.25, 0.3) is 7.82 Å². The highest BCUT2D eigenvalue weighted by atomic mass is 31.2. The number of nitrogens with zero attached hydrogens (tertiary/aromatic N) is 1. The summed E-state index contributed by atoms with van der Waals surface area (Å²) in [5, 5.41) is 0. The summed E-state index contributed by atoms with van der Waals surface area (Å²) in [6.45, 7) is 5.47. The zero-order valence-corrected chi connectivity index (χ0v) is 46.3. The van der Waals surface area contributed by atoms with Crippen molar-refractivity contribution in [2.45, 2.75) is 290 Å². The van der Waals surface area contributed by atoms with Gasteiger partial charge in [-0.15, -0.1) is 0 Å². The lowest BCUT2D eigenvalue weighted by Gasteiger charge is -2.28. The number of phosphoric acid groups is 1. The van der Waals surface area contributed by atoms with Crippen LogP contribution < -0.4 is 4.89 Å². The molecule has 67 heavy (non-hydrogen) atoms. The second-order valence-corrected chi connectivity index (χ2v) is 22.4. The van der Waals surface area contributed by atoms with Crippen molar-refractivity contribution in [2.75, 3.05) is 54.1 Å². The van der Waals surface area contributed by atoms with Gasteiger partial charge in [-0.3, -0.25) is 9.36 Å². The molecular formula is C58H114NO7P. The van der Waals surface area contributed by atoms with Crippen molar-refractivity contribution in [3.05, 3.63) is 24.3 Å². The minimum absolute atomic E-state index is 0.0279. The topological polar surface area (TPSA) is 94.1 Å². The van der Waals surface area contributed by atoms with E-state index in [9.17, 15) is 14.3 Å². The van der Waals surface area contributed by atoms with Gasteiger partial charge in [-0.2, -0.15) is 0 Å². The number of unbranched alkanes of at least 4 members (excludes halogenated alkanes) is 37. The van der Waals surface area contributed by atoms with Crippen molar-refractivity contribution in [1.29, 1.82) is 0 Å². The number of rotatable bonds is 55. The first-order chi connectivity index (χ1) is 32.6. The lowest BCUT2D eigenvalue weighted by molar-refractivity contribution is -0.870. The van der Waals surface area contributed by atoms with Crippen LogP contribution in [0.4, 0.5) is 0 Å². The molecule has 0 bridgehead atoms. The predicted molar refractivity (Wildman–Crippen MR) is 287 cm³/mol. The monoisotopic (exact) mass is 968 g/mol. The van der Waals surface area contributed by atoms with Crippen LogP contribution in [0, 0.1) is 0 Å². The number of hydrogen-bond acceptors (Lipinski definition) is 7. The van der Waals surface area contributed by atoms with E-state index >= 15 is 0 Å². The third kappa shape index (κ3) is 55.8. The molecular weight excluding hydrogens is 854 g/mol. The molecule has 0 N–H and O–H groups in total. The molecule has 0 fully saturated rings. The number of ether oxygens (including phenoxy) is 2. The van der Waals surface area contributed by atoms with E-state index in [1.807, 2.05) is 21.1 Å². The van der Waals surface area contributed by atoms with Gasteiger partial charge in [0.1, 0.15) is 19.3 Å². The van der Waals surface area contributed by atoms with Gasteiger partial charge in [0, 0.05) is 13.0 Å². The Morgan fingerprint density at radius 3 is 1.13 bits per heavy atom. The van der Waals surface area contributed by atoms with E-state index < -0.39 is 13.9 Å². The Morgan fingerprint density at radius 1 is 0.448 bits per heavy atom. The van der Waals surface area contributed by atoms with Crippen LogP contribution in [-0.2, 0) is 27.9 Å². The average molecular weight is 969 g/mol. The normalized spacial score (nSPS) is 13.6. The molecule has 2 atom stereocenters. The Balaban J connectivity index is 4.05. The number of likely N-dealkylation sites (N-methyl/N-ethyl adjacent to an activating group) is 1. The highest BCUT2D eigenvalue weighted by Crippen LogP contribution is 2.38. The van der Waals surface area contributed by atoms with Crippen molar-refractivity contribution in [2.24, 2.45) is 0 Å². The van der Waals surface area contributed by atoms with E-state index in [1.165, 1.54) is 231 Å². The molecule has 0 saturated carbocycles. The van der Waals surface area contributed by atoms with Crippen LogP contribution >= 0.6 is 7.82 Å². The Labute approximate surface area is 417 Å². The van der Waals surface area contributed by atoms with E-state index in [0.717, 1.165) is 32.1 Å². The van der Waals surface area contributed by atoms with Crippen LogP contribution in [-0.4, -0.2) is 70.7 Å². The number of allylic oxidation sites excluding steroid dienone is 4. The number of phosphoric ester groups is 1. The molecule has 0 spiro atoms. The van der Waals surface area contributed by atoms with Gasteiger partial charge in [0.15, 0.2) is 0 Å². The van der Waals surface area contributed by atoms with Crippen LogP contribution in [0.3, 0.4) is 0 Å². The Bertz CT molecular complexity index is 1120. The summed E-state index contributed by atoms with van der Waals surface area (Å²) in [4.78, 5) is 25.3. The number of hydrogen-bond donors (Lipinski definition) is 0. The highest BCUT2D eigenvalue weighted by molar-refractivity contribution is 7.45. The SMILES string of the molecule is CCCCCCCCCC/C=C\CCCCCCCCCCCCCC(=O)OC(COCCCCCCCCCCCC/C=C\CCCCCCCCCC)COP(=O)([O-])OCC[N+](C)(C)C. The summed E-state index contributed by atoms with van der Waals surface area (Å²) in [6, 6.07) is 0. The Kier molecular flexibility index (Phi) is 50.6. The Hall–Kier alpha value is -1.02. The molecule has 0 aromatic carbocycles. The summed E-state index contributed by atoms with van der Waals surface area (Å²) in [5.41, 5.74) is 0. The summed E-state index contributed by atoms with van der Waals surface area (Å²) in [7, 11) is 1.37. The molecule has 2 unspecified atom stereocenters. The van der Waals surface area contributed by atoms with E-state index in [4.69, 9.17) is 18.5 Å². The van der Waals surface area contributed by atoms with E-state index in [-0.39, 0.29) is 25.8 Å². The fourth-order valence-electron chi connectivity index (χ4n) is 8.48. The van der Waals surface area contributed by atoms with E-state index in [0.29, 0.717) is 24.1 Å². The standard InChI is InChI=1S/C58H114NO7P/c1-6-8-10-12-14-16-18-20-22-24-26-28-30-31-33-35-37-39-41-43-45-47-49-51-58(60)66-57(56-65-67(61,62)64-54-52-59(3,4)5)55-63-53-50-48-46-44-42-40-38-36-34-32-29-27-25-23-21-19-17-15-13-11-9-7-2/h24-27,57H,6-23,28-56H2,1-5H3/b26-24-,27-25-. The molecule has 0 aliphatic carbocycles. The summed E-state index contributed by atoms with van der Waals surface area (Å²) >= 11 is 0. The van der Waals surface area contributed by atoms with Crippen molar-refractivity contribution in [1.82, 2.24) is 0 Å². The van der Waals surface area contributed by atoms with Gasteiger partial charge in [-0.25, -0.2) is 0 Å². The molecule has 0 heterocycles. The summed E-state index contributed by atoms with van der Waals surface area (Å²) in [5.74, 6) is -0.330. The molecule has 0 aromatic rings. The summed E-state index contributed by atoms with van der Waals surface area (Å²) < 4.78 is 34.9. The molecule has 0 amide bonds. The lowest BCUT2D eigenvalue weighted by Crippen LogP contribution is -2.37. The fraction of sp³-hybridized carbons (Fsp3) is 0.914. The van der Waals surface area contributed by atoms with Crippen molar-refractivity contribution in [3.8, 4) is 0 Å². The first-order valence-electron chi connectivity index (χ1n) is 29.1. The van der Waals surface area contributed by atoms with E-state index in [1.54, 1.807) is 0 Å². The minimum atomic E-state index is -4.53. The molecule has 0 rings (SSSR count). The smallest absolute Gasteiger partial charge is 0.306 e. The van der Waals surface area contributed by atoms with Gasteiger partial charge in [0.2, 0.25) is 0 Å². The predicted octanol–water partition coefficient (Wildman–Crippen LogP) is 17.7. The quantitative estimate of drug-likeness (QED) is 0.0197. The maximum atomic E-state index is 12.8. The summed E-state index contributed by atoms with van der Waals surface area (Å²) in [6.07, 6.45) is 62.2. The molecule has 0 radical (unpaired) electrons. The third-order valence-electron chi connectivity index (χ3n) is 13.0. The largest absolute Gasteiger partial charge is 0.756 e. The molecule has 9 heteroatoms. The average Bonchev–Trinajstić information content (AvgIpc) is 3.29. The lowest BCUT2D eigenvalue weighted by atomic mass is 10.0. The first kappa shape index (κ1) is 66.0. The molecule has 0 saturated heterocycles. The number of carbonyl (C=O) groups is 1. The molecule has 8 nitrogen and oxygen atoms in total. The maximum absolute atomic E-state index is 12.8. The zero-order valence-electron chi connectivity index (χ0n) is 45.4. The van der Waals surface area contributed by atoms with Gasteiger partial charge in [0.05, 0.1) is 34.4 Å². The molecule has 398 valence electrons. The number of quaternary nitrogens is 1. The van der Waals surface area contributed by atoms with Crippen molar-refractivity contribution >= 4 is 13.8 Å². The highest BCUT2D eigenvalue weighted by Gasteiger charge is 2.20. The molecule has 0 aromatic heterocycles. The fourth-order valence-corrected chi connectivity index (χ4v) is 9.21. The van der Waals surface area contributed by atoms with Crippen LogP contribution in [0.15, 0.2) is 24.3 Å². The van der Waals surface area contributed by atoms with Crippen LogP contribution in [0.25, 0.3) is 0 Å². The minimum Gasteiger partial charge on any atom is -0.756 e. The second-order valence-electron chi connectivity index (χ2n) is 21.0. The number of carbonyl (C=O) groups excluding carboxylic acids is 1. The Morgan fingerprint density at radius 2 is 0.776 bits per heavy atom. The number of esters is 1. The molecule has 0 aliphatic heterocycles. The van der Waals surface area contributed by atoms with Crippen LogP contribution in [0.1, 0.15) is 284 Å². The second kappa shape index (κ2) is 51.3. The van der Waals surface area contributed by atoms with Crippen LogP contribution in [0.5, 0.6) is 0 Å². The van der Waals surface area contributed by atoms with Gasteiger partial charge >= 0.3 is 5.97 Å². The van der Waals surface area contributed by atoms with Crippen molar-refractivity contribution in [3.63, 3.8) is 0 Å². The van der Waals surface area contributed by atoms with E-state index in [2.05, 4.69) is 38.2 Å². The third-order valence-corrected chi connectivity index (χ3v) is 13.9. The first-order valence-corrected chi connectivity index (χ1v) is 30.5. The molecule has 0 aliphatic rings.